The van der Waals surface area contributed by atoms with Crippen LogP contribution in [0.5, 0.6) is 0 Å². The van der Waals surface area contributed by atoms with Gasteiger partial charge < -0.3 is 4.90 Å². The maximum Gasteiger partial charge on any atom is 0.270 e. The molecule has 37 heavy (non-hydrogen) atoms. The Kier molecular flexibility index (Phi) is 8.53. The molecule has 0 N–H and O–H groups in total. The van der Waals surface area contributed by atoms with Gasteiger partial charge in [-0.1, -0.05) is 61.2 Å². The zero-order valence-corrected chi connectivity index (χ0v) is 23.5. The lowest BCUT2D eigenvalue weighted by atomic mass is 10.0. The third-order valence-corrected chi connectivity index (χ3v) is 8.16. The van der Waals surface area contributed by atoms with Crippen LogP contribution in [0.4, 0.5) is 5.82 Å². The molecule has 2 saturated heterocycles. The Hall–Kier alpha value is -2.93. The second kappa shape index (κ2) is 11.6. The van der Waals surface area contributed by atoms with E-state index in [9.17, 15) is 14.9 Å². The second-order valence-electron chi connectivity index (χ2n) is 9.70. The number of piperazine rings is 1. The molecule has 2 fully saturated rings. The lowest BCUT2D eigenvalue weighted by Crippen LogP contribution is -2.48. The molecule has 9 heteroatoms. The van der Waals surface area contributed by atoms with Gasteiger partial charge in [-0.25, -0.2) is 0 Å². The predicted molar refractivity (Wildman–Crippen MR) is 155 cm³/mol. The van der Waals surface area contributed by atoms with Crippen molar-refractivity contribution < 1.29 is 4.79 Å². The number of hydrogen-bond donors (Lipinski definition) is 0. The number of pyridine rings is 1. The Morgan fingerprint density at radius 1 is 1.14 bits per heavy atom. The van der Waals surface area contributed by atoms with Gasteiger partial charge in [0, 0.05) is 50.9 Å². The summed E-state index contributed by atoms with van der Waals surface area (Å²) in [5.74, 6) is 0.660. The van der Waals surface area contributed by atoms with Crippen molar-refractivity contribution in [2.24, 2.45) is 0 Å². The molecule has 1 amide bonds. The van der Waals surface area contributed by atoms with E-state index in [0.29, 0.717) is 21.3 Å². The quantitative estimate of drug-likeness (QED) is 0.385. The number of carbonyl (C=O) groups excluding carboxylic acids is 1. The highest BCUT2D eigenvalue weighted by atomic mass is 32.2. The lowest BCUT2D eigenvalue weighted by molar-refractivity contribution is -0.123. The number of thioether (sulfide) groups is 1. The van der Waals surface area contributed by atoms with Crippen molar-refractivity contribution >= 4 is 46.1 Å². The maximum absolute atomic E-state index is 13.4. The van der Waals surface area contributed by atoms with Crippen LogP contribution in [-0.4, -0.2) is 56.8 Å². The first kappa shape index (κ1) is 27.1. The molecular formula is C28H33N5O2S2. The highest BCUT2D eigenvalue weighted by Gasteiger charge is 2.35. The van der Waals surface area contributed by atoms with Crippen molar-refractivity contribution in [1.29, 1.82) is 5.26 Å². The summed E-state index contributed by atoms with van der Waals surface area (Å²) < 4.78 is 2.26. The Morgan fingerprint density at radius 2 is 1.81 bits per heavy atom. The average Bonchev–Trinajstić information content (AvgIpc) is 3.16. The van der Waals surface area contributed by atoms with Gasteiger partial charge in [0.1, 0.15) is 21.8 Å². The number of anilines is 1. The molecule has 1 aromatic heterocycles. The molecule has 0 bridgehead atoms. The normalized spacial score (nSPS) is 17.8. The molecule has 3 heterocycles. The molecule has 0 saturated carbocycles. The maximum atomic E-state index is 13.4. The molecule has 7 nitrogen and oxygen atoms in total. The fraction of sp³-hybridized carbons (Fsp3) is 0.429. The van der Waals surface area contributed by atoms with Crippen molar-refractivity contribution in [3.05, 3.63) is 67.8 Å². The largest absolute Gasteiger partial charge is 0.355 e. The van der Waals surface area contributed by atoms with E-state index in [1.54, 1.807) is 16.4 Å². The Bertz CT molecular complexity index is 1320. The van der Waals surface area contributed by atoms with E-state index in [0.717, 1.165) is 50.5 Å². The summed E-state index contributed by atoms with van der Waals surface area (Å²) in [6.07, 6.45) is 2.60. The van der Waals surface area contributed by atoms with Crippen LogP contribution in [0.25, 0.3) is 6.08 Å². The number of nitriles is 1. The van der Waals surface area contributed by atoms with E-state index in [-0.39, 0.29) is 23.1 Å². The standard InChI is InChI=1S/C28H33N5O2S2/c1-5-11-32-25(31-14-12-30(13-15-31)18-21-9-7-6-8-10-21)22(20(4)23(17-29)26(32)34)16-24-27(35)33(19(2)3)28(36)37-24/h6-10,16,19H,5,11-15,18H2,1-4H3/b24-16-. The molecular weight excluding hydrogens is 502 g/mol. The van der Waals surface area contributed by atoms with E-state index in [1.165, 1.54) is 17.3 Å². The topological polar surface area (TPSA) is 72.6 Å². The summed E-state index contributed by atoms with van der Waals surface area (Å²) in [5, 5.41) is 9.86. The van der Waals surface area contributed by atoms with Gasteiger partial charge in [-0.3, -0.25) is 24.0 Å². The van der Waals surface area contributed by atoms with Gasteiger partial charge in [0.25, 0.3) is 11.5 Å². The van der Waals surface area contributed by atoms with Crippen molar-refractivity contribution in [3.8, 4) is 6.07 Å². The van der Waals surface area contributed by atoms with Crippen LogP contribution in [0.1, 0.15) is 49.4 Å². The monoisotopic (exact) mass is 535 g/mol. The Labute approximate surface area is 228 Å². The molecule has 0 spiro atoms. The van der Waals surface area contributed by atoms with Crippen LogP contribution >= 0.6 is 24.0 Å². The van der Waals surface area contributed by atoms with Crippen LogP contribution in [0.2, 0.25) is 0 Å². The fourth-order valence-electron chi connectivity index (χ4n) is 4.93. The molecule has 0 aliphatic carbocycles. The summed E-state index contributed by atoms with van der Waals surface area (Å²) in [6.45, 7) is 12.3. The lowest BCUT2D eigenvalue weighted by Gasteiger charge is -2.38. The summed E-state index contributed by atoms with van der Waals surface area (Å²) in [6, 6.07) is 12.5. The third-order valence-electron chi connectivity index (χ3n) is 6.83. The average molecular weight is 536 g/mol. The number of thiocarbonyl (C=S) groups is 1. The molecule has 194 valence electrons. The minimum Gasteiger partial charge on any atom is -0.355 e. The van der Waals surface area contributed by atoms with Crippen molar-refractivity contribution in [2.75, 3.05) is 31.1 Å². The molecule has 2 aliphatic heterocycles. The van der Waals surface area contributed by atoms with Crippen LogP contribution < -0.4 is 10.5 Å². The predicted octanol–water partition coefficient (Wildman–Crippen LogP) is 4.37. The molecule has 1 aromatic carbocycles. The van der Waals surface area contributed by atoms with E-state index >= 15 is 0 Å². The Morgan fingerprint density at radius 3 is 2.38 bits per heavy atom. The van der Waals surface area contributed by atoms with Gasteiger partial charge in [-0.15, -0.1) is 0 Å². The highest BCUT2D eigenvalue weighted by Crippen LogP contribution is 2.37. The first-order chi connectivity index (χ1) is 17.8. The SMILES string of the molecule is CCCn1c(N2CCN(Cc3ccccc3)CC2)c(/C=C2\SC(=S)N(C(C)C)C2=O)c(C)c(C#N)c1=O. The number of nitrogens with zero attached hydrogens (tertiary/aromatic N) is 5. The van der Waals surface area contributed by atoms with E-state index < -0.39 is 0 Å². The Balaban J connectivity index is 1.75. The van der Waals surface area contributed by atoms with Gasteiger partial charge in [0.2, 0.25) is 0 Å². The second-order valence-corrected chi connectivity index (χ2v) is 11.4. The smallest absolute Gasteiger partial charge is 0.270 e. The van der Waals surface area contributed by atoms with Crippen LogP contribution in [-0.2, 0) is 17.9 Å². The van der Waals surface area contributed by atoms with E-state index in [2.05, 4.69) is 40.1 Å². The molecule has 2 aromatic rings. The molecule has 0 atom stereocenters. The van der Waals surface area contributed by atoms with Crippen LogP contribution in [0.3, 0.4) is 0 Å². The van der Waals surface area contributed by atoms with Gasteiger partial charge >= 0.3 is 0 Å². The first-order valence-electron chi connectivity index (χ1n) is 12.7. The zero-order chi connectivity index (χ0) is 26.7. The van der Waals surface area contributed by atoms with Crippen LogP contribution in [0, 0.1) is 18.3 Å². The summed E-state index contributed by atoms with van der Waals surface area (Å²) in [5.41, 5.74) is 2.50. The van der Waals surface area contributed by atoms with Gasteiger partial charge in [0.05, 0.1) is 4.91 Å². The number of amides is 1. The molecule has 4 rings (SSSR count). The number of aromatic nitrogens is 1. The minimum atomic E-state index is -0.268. The number of benzene rings is 1. The van der Waals surface area contributed by atoms with Gasteiger partial charge in [0.15, 0.2) is 0 Å². The van der Waals surface area contributed by atoms with Crippen LogP contribution in [0.15, 0.2) is 40.0 Å². The number of rotatable bonds is 7. The van der Waals surface area contributed by atoms with E-state index in [1.807, 2.05) is 32.9 Å². The third kappa shape index (κ3) is 5.52. The molecule has 0 unspecified atom stereocenters. The highest BCUT2D eigenvalue weighted by molar-refractivity contribution is 8.26. The van der Waals surface area contributed by atoms with Gasteiger partial charge in [-0.2, -0.15) is 5.26 Å². The number of carbonyl (C=O) groups is 1. The zero-order valence-electron chi connectivity index (χ0n) is 21.9. The van der Waals surface area contributed by atoms with Crippen molar-refractivity contribution in [2.45, 2.75) is 53.2 Å². The summed E-state index contributed by atoms with van der Waals surface area (Å²) in [7, 11) is 0. The number of hydrogen-bond acceptors (Lipinski definition) is 7. The fourth-order valence-corrected chi connectivity index (χ4v) is 6.44. The molecule has 0 radical (unpaired) electrons. The summed E-state index contributed by atoms with van der Waals surface area (Å²) in [4.78, 5) is 33.4. The van der Waals surface area contributed by atoms with Crippen molar-refractivity contribution in [3.63, 3.8) is 0 Å². The minimum absolute atomic E-state index is 0.0413. The first-order valence-corrected chi connectivity index (χ1v) is 13.9. The van der Waals surface area contributed by atoms with Crippen molar-refractivity contribution in [1.82, 2.24) is 14.4 Å². The van der Waals surface area contributed by atoms with E-state index in [4.69, 9.17) is 12.2 Å². The van der Waals surface area contributed by atoms with Gasteiger partial charge in [-0.05, 0) is 44.4 Å². The molecule has 2 aliphatic rings. The summed E-state index contributed by atoms with van der Waals surface area (Å²) >= 11 is 6.76.